The van der Waals surface area contributed by atoms with Crippen LogP contribution in [0.4, 0.5) is 14.6 Å². The minimum Gasteiger partial charge on any atom is -0.356 e. The fraction of sp³-hybridized carbons (Fsp3) is 0.294. The van der Waals surface area contributed by atoms with E-state index in [4.69, 9.17) is 0 Å². The monoisotopic (exact) mass is 301 g/mol. The fourth-order valence-electron chi connectivity index (χ4n) is 2.62. The molecule has 1 fully saturated rings. The Morgan fingerprint density at radius 2 is 1.82 bits per heavy atom. The molecule has 0 unspecified atom stereocenters. The van der Waals surface area contributed by atoms with Crippen LogP contribution in [-0.4, -0.2) is 23.1 Å². The Morgan fingerprint density at radius 1 is 1.05 bits per heavy atom. The Kier molecular flexibility index (Phi) is 4.13. The quantitative estimate of drug-likeness (QED) is 0.846. The fourth-order valence-corrected chi connectivity index (χ4v) is 2.62. The Bertz CT molecular complexity index is 703. The van der Waals surface area contributed by atoms with E-state index < -0.39 is 11.6 Å². The molecule has 0 bridgehead atoms. The van der Waals surface area contributed by atoms with Gasteiger partial charge < -0.3 is 4.90 Å². The van der Waals surface area contributed by atoms with Gasteiger partial charge in [-0.3, -0.25) is 0 Å². The molecule has 1 aromatic heterocycles. The zero-order chi connectivity index (χ0) is 15.5. The summed E-state index contributed by atoms with van der Waals surface area (Å²) in [5.74, 6) is -0.668. The molecule has 0 amide bonds. The van der Waals surface area contributed by atoms with E-state index in [1.807, 2.05) is 19.1 Å². The largest absolute Gasteiger partial charge is 0.356 e. The number of hydrogen-bond acceptors (Lipinski definition) is 3. The topological polar surface area (TPSA) is 29.0 Å². The molecule has 114 valence electrons. The minimum absolute atomic E-state index is 0.709. The van der Waals surface area contributed by atoms with Gasteiger partial charge in [0.15, 0.2) is 11.6 Å². The van der Waals surface area contributed by atoms with Gasteiger partial charge >= 0.3 is 0 Å². The van der Waals surface area contributed by atoms with Crippen LogP contribution in [0.25, 0.3) is 6.08 Å². The van der Waals surface area contributed by atoms with Crippen molar-refractivity contribution in [2.24, 2.45) is 0 Å². The van der Waals surface area contributed by atoms with Crippen molar-refractivity contribution < 1.29 is 8.78 Å². The van der Waals surface area contributed by atoms with Crippen molar-refractivity contribution in [3.05, 3.63) is 59.1 Å². The maximum Gasteiger partial charge on any atom is 0.159 e. The highest BCUT2D eigenvalue weighted by Gasteiger charge is 2.15. The van der Waals surface area contributed by atoms with E-state index in [0.29, 0.717) is 5.56 Å². The van der Waals surface area contributed by atoms with Crippen molar-refractivity contribution in [3.8, 4) is 0 Å². The van der Waals surface area contributed by atoms with Gasteiger partial charge in [-0.15, -0.1) is 0 Å². The number of aryl methyl sites for hydroxylation is 1. The van der Waals surface area contributed by atoms with Crippen molar-refractivity contribution in [2.75, 3.05) is 18.0 Å². The van der Waals surface area contributed by atoms with Crippen molar-refractivity contribution in [1.29, 1.82) is 0 Å². The van der Waals surface area contributed by atoms with Crippen LogP contribution in [0.2, 0.25) is 0 Å². The van der Waals surface area contributed by atoms with E-state index in [1.54, 1.807) is 12.4 Å². The van der Waals surface area contributed by atoms with E-state index in [9.17, 15) is 8.78 Å². The molecule has 3 nitrogen and oxygen atoms in total. The van der Waals surface area contributed by atoms with E-state index in [2.05, 4.69) is 14.9 Å². The van der Waals surface area contributed by atoms with E-state index >= 15 is 0 Å². The lowest BCUT2D eigenvalue weighted by Crippen LogP contribution is -2.31. The molecule has 0 atom stereocenters. The molecular formula is C17H17F2N3. The zero-order valence-corrected chi connectivity index (χ0v) is 12.4. The SMILES string of the molecule is Cc1cc(N2CCC(=Cc3ccc(F)c(F)c3)CC2)ncn1. The molecule has 0 saturated carbocycles. The van der Waals surface area contributed by atoms with Gasteiger partial charge in [-0.1, -0.05) is 17.7 Å². The van der Waals surface area contributed by atoms with E-state index in [-0.39, 0.29) is 0 Å². The van der Waals surface area contributed by atoms with Crippen LogP contribution in [-0.2, 0) is 0 Å². The highest BCUT2D eigenvalue weighted by Crippen LogP contribution is 2.23. The third-order valence-electron chi connectivity index (χ3n) is 3.83. The van der Waals surface area contributed by atoms with Crippen LogP contribution in [0, 0.1) is 18.6 Å². The van der Waals surface area contributed by atoms with E-state index in [1.165, 1.54) is 17.7 Å². The summed E-state index contributed by atoms with van der Waals surface area (Å²) in [6.07, 6.45) is 5.31. The van der Waals surface area contributed by atoms with Gasteiger partial charge in [-0.2, -0.15) is 0 Å². The first kappa shape index (κ1) is 14.6. The molecule has 5 heteroatoms. The first-order valence-corrected chi connectivity index (χ1v) is 7.30. The first-order chi connectivity index (χ1) is 10.6. The summed E-state index contributed by atoms with van der Waals surface area (Å²) in [7, 11) is 0. The number of anilines is 1. The van der Waals surface area contributed by atoms with Crippen LogP contribution in [0.15, 0.2) is 36.2 Å². The molecule has 22 heavy (non-hydrogen) atoms. The summed E-state index contributed by atoms with van der Waals surface area (Å²) in [6.45, 7) is 3.68. The molecule has 2 aromatic rings. The molecule has 0 spiro atoms. The van der Waals surface area contributed by atoms with Gasteiger partial charge in [0.1, 0.15) is 12.1 Å². The van der Waals surface area contributed by atoms with Gasteiger partial charge in [-0.25, -0.2) is 18.7 Å². The average Bonchev–Trinajstić information content (AvgIpc) is 2.52. The minimum atomic E-state index is -0.809. The van der Waals surface area contributed by atoms with Crippen molar-refractivity contribution >= 4 is 11.9 Å². The molecule has 1 aliphatic heterocycles. The van der Waals surface area contributed by atoms with Crippen molar-refractivity contribution in [1.82, 2.24) is 9.97 Å². The van der Waals surface area contributed by atoms with Crippen LogP contribution >= 0.6 is 0 Å². The Balaban J connectivity index is 1.68. The van der Waals surface area contributed by atoms with Crippen molar-refractivity contribution in [2.45, 2.75) is 19.8 Å². The average molecular weight is 301 g/mol. The number of benzene rings is 1. The summed E-state index contributed by atoms with van der Waals surface area (Å²) in [4.78, 5) is 10.6. The lowest BCUT2D eigenvalue weighted by molar-refractivity contribution is 0.508. The molecule has 0 aliphatic carbocycles. The third-order valence-corrected chi connectivity index (χ3v) is 3.83. The summed E-state index contributed by atoms with van der Waals surface area (Å²) in [6, 6.07) is 5.98. The standard InChI is InChI=1S/C17H17F2N3/c1-12-8-17(21-11-20-12)22-6-4-13(5-7-22)9-14-2-3-15(18)16(19)10-14/h2-3,8-11H,4-7H2,1H3. The summed E-state index contributed by atoms with van der Waals surface area (Å²) < 4.78 is 26.2. The number of rotatable bonds is 2. The Labute approximate surface area is 128 Å². The van der Waals surface area contributed by atoms with Crippen LogP contribution in [0.1, 0.15) is 24.1 Å². The van der Waals surface area contributed by atoms with Gasteiger partial charge in [0, 0.05) is 24.8 Å². The smallest absolute Gasteiger partial charge is 0.159 e. The summed E-state index contributed by atoms with van der Waals surface area (Å²) in [5, 5.41) is 0. The zero-order valence-electron chi connectivity index (χ0n) is 12.4. The van der Waals surface area contributed by atoms with Gasteiger partial charge in [0.2, 0.25) is 0 Å². The van der Waals surface area contributed by atoms with Crippen LogP contribution < -0.4 is 4.90 Å². The normalized spacial score (nSPS) is 15.0. The molecule has 0 radical (unpaired) electrons. The molecule has 1 saturated heterocycles. The third kappa shape index (κ3) is 3.30. The highest BCUT2D eigenvalue weighted by molar-refractivity contribution is 5.54. The maximum absolute atomic E-state index is 13.2. The second kappa shape index (κ2) is 6.22. The lowest BCUT2D eigenvalue weighted by atomic mass is 10.0. The molecule has 2 heterocycles. The Morgan fingerprint density at radius 3 is 2.50 bits per heavy atom. The summed E-state index contributed by atoms with van der Waals surface area (Å²) >= 11 is 0. The number of hydrogen-bond donors (Lipinski definition) is 0. The number of halogens is 2. The van der Waals surface area contributed by atoms with E-state index in [0.717, 1.165) is 37.4 Å². The van der Waals surface area contributed by atoms with Crippen LogP contribution in [0.3, 0.4) is 0 Å². The maximum atomic E-state index is 13.2. The predicted molar refractivity (Wildman–Crippen MR) is 82.6 cm³/mol. The summed E-state index contributed by atoms with van der Waals surface area (Å²) in [5.41, 5.74) is 2.90. The Hall–Kier alpha value is -2.30. The van der Waals surface area contributed by atoms with Crippen LogP contribution in [0.5, 0.6) is 0 Å². The number of piperidine rings is 1. The highest BCUT2D eigenvalue weighted by atomic mass is 19.2. The van der Waals surface area contributed by atoms with Gasteiger partial charge in [0.05, 0.1) is 0 Å². The van der Waals surface area contributed by atoms with Gasteiger partial charge in [-0.05, 0) is 37.5 Å². The molecular weight excluding hydrogens is 284 g/mol. The van der Waals surface area contributed by atoms with Crippen molar-refractivity contribution in [3.63, 3.8) is 0 Å². The second-order valence-electron chi connectivity index (χ2n) is 5.48. The van der Waals surface area contributed by atoms with Gasteiger partial charge in [0.25, 0.3) is 0 Å². The number of aromatic nitrogens is 2. The first-order valence-electron chi connectivity index (χ1n) is 7.30. The lowest BCUT2D eigenvalue weighted by Gasteiger charge is -2.29. The predicted octanol–water partition coefficient (Wildman–Crippen LogP) is 3.75. The molecule has 1 aromatic carbocycles. The second-order valence-corrected chi connectivity index (χ2v) is 5.48. The molecule has 3 rings (SSSR count). The molecule has 0 N–H and O–H groups in total. The molecule has 1 aliphatic rings. The number of nitrogens with zero attached hydrogens (tertiary/aromatic N) is 3.